The second kappa shape index (κ2) is 6.80. The van der Waals surface area contributed by atoms with Gasteiger partial charge in [0.2, 0.25) is 5.91 Å². The standard InChI is InChI=1S/C20H22N4O2/c1-15-20(23-10-4-3-5-19(23)21-15)24(16(2)25)18-8-6-17(7-9-18)22-11-13-26-14-12-22/h3-10H,11-14H2,1-2H3. The van der Waals surface area contributed by atoms with Crippen LogP contribution in [0.4, 0.5) is 17.2 Å². The van der Waals surface area contributed by atoms with Crippen molar-refractivity contribution in [2.75, 3.05) is 36.1 Å². The highest BCUT2D eigenvalue weighted by Crippen LogP contribution is 2.31. The maximum atomic E-state index is 12.5. The van der Waals surface area contributed by atoms with Gasteiger partial charge in [-0.1, -0.05) is 6.07 Å². The summed E-state index contributed by atoms with van der Waals surface area (Å²) in [6.07, 6.45) is 1.93. The lowest BCUT2D eigenvalue weighted by Crippen LogP contribution is -2.36. The molecule has 0 N–H and O–H groups in total. The second-order valence-electron chi connectivity index (χ2n) is 6.42. The molecule has 0 saturated carbocycles. The van der Waals surface area contributed by atoms with E-state index in [0.717, 1.165) is 54.8 Å². The first-order valence-electron chi connectivity index (χ1n) is 8.82. The highest BCUT2D eigenvalue weighted by Gasteiger charge is 2.21. The number of ether oxygens (including phenoxy) is 1. The maximum Gasteiger partial charge on any atom is 0.229 e. The third-order valence-corrected chi connectivity index (χ3v) is 4.68. The third kappa shape index (κ3) is 2.93. The van der Waals surface area contributed by atoms with Gasteiger partial charge in [-0.25, -0.2) is 4.98 Å². The van der Waals surface area contributed by atoms with E-state index >= 15 is 0 Å². The Bertz CT molecular complexity index is 927. The van der Waals surface area contributed by atoms with Gasteiger partial charge in [0.25, 0.3) is 0 Å². The van der Waals surface area contributed by atoms with Gasteiger partial charge in [-0.3, -0.25) is 14.1 Å². The number of rotatable bonds is 3. The van der Waals surface area contributed by atoms with Crippen LogP contribution in [-0.2, 0) is 9.53 Å². The van der Waals surface area contributed by atoms with Gasteiger partial charge >= 0.3 is 0 Å². The second-order valence-corrected chi connectivity index (χ2v) is 6.42. The number of morpholine rings is 1. The van der Waals surface area contributed by atoms with Crippen LogP contribution in [0.25, 0.3) is 5.65 Å². The number of hydrogen-bond acceptors (Lipinski definition) is 4. The summed E-state index contributed by atoms with van der Waals surface area (Å²) >= 11 is 0. The van der Waals surface area contributed by atoms with Crippen LogP contribution in [0.3, 0.4) is 0 Å². The highest BCUT2D eigenvalue weighted by molar-refractivity contribution is 5.99. The molecule has 0 radical (unpaired) electrons. The summed E-state index contributed by atoms with van der Waals surface area (Å²) in [6, 6.07) is 13.9. The van der Waals surface area contributed by atoms with Crippen molar-refractivity contribution < 1.29 is 9.53 Å². The number of carbonyl (C=O) groups is 1. The molecular formula is C20H22N4O2. The molecule has 1 aliphatic heterocycles. The summed E-state index contributed by atoms with van der Waals surface area (Å²) in [4.78, 5) is 21.1. The van der Waals surface area contributed by atoms with Crippen LogP contribution < -0.4 is 9.80 Å². The first kappa shape index (κ1) is 16.6. The summed E-state index contributed by atoms with van der Waals surface area (Å²) in [7, 11) is 0. The van der Waals surface area contributed by atoms with Gasteiger partial charge in [-0.05, 0) is 43.3 Å². The molecule has 1 aliphatic rings. The molecule has 1 amide bonds. The molecule has 2 aromatic heterocycles. The predicted octanol–water partition coefficient (Wildman–Crippen LogP) is 3.16. The van der Waals surface area contributed by atoms with E-state index in [1.54, 1.807) is 11.8 Å². The maximum absolute atomic E-state index is 12.5. The lowest BCUT2D eigenvalue weighted by Gasteiger charge is -2.29. The minimum Gasteiger partial charge on any atom is -0.378 e. The number of aryl methyl sites for hydroxylation is 1. The Morgan fingerprint density at radius 1 is 1.12 bits per heavy atom. The normalized spacial score (nSPS) is 14.6. The van der Waals surface area contributed by atoms with Crippen LogP contribution in [0.2, 0.25) is 0 Å². The van der Waals surface area contributed by atoms with Crippen LogP contribution in [0.5, 0.6) is 0 Å². The van der Waals surface area contributed by atoms with Crippen LogP contribution >= 0.6 is 0 Å². The summed E-state index contributed by atoms with van der Waals surface area (Å²) in [5.74, 6) is 0.741. The number of aromatic nitrogens is 2. The monoisotopic (exact) mass is 350 g/mol. The number of hydrogen-bond donors (Lipinski definition) is 0. The molecule has 1 aromatic carbocycles. The molecule has 1 saturated heterocycles. The number of imidazole rings is 1. The van der Waals surface area contributed by atoms with Gasteiger partial charge in [0.1, 0.15) is 11.5 Å². The van der Waals surface area contributed by atoms with E-state index in [4.69, 9.17) is 4.74 Å². The highest BCUT2D eigenvalue weighted by atomic mass is 16.5. The van der Waals surface area contributed by atoms with Gasteiger partial charge in [-0.15, -0.1) is 0 Å². The minimum atomic E-state index is -0.0436. The van der Waals surface area contributed by atoms with Crippen molar-refractivity contribution in [3.8, 4) is 0 Å². The van der Waals surface area contributed by atoms with Crippen LogP contribution in [0.15, 0.2) is 48.7 Å². The first-order chi connectivity index (χ1) is 12.6. The molecule has 0 aliphatic carbocycles. The summed E-state index contributed by atoms with van der Waals surface area (Å²) in [5.41, 5.74) is 3.64. The predicted molar refractivity (Wildman–Crippen MR) is 102 cm³/mol. The molecule has 134 valence electrons. The minimum absolute atomic E-state index is 0.0436. The molecule has 4 rings (SSSR count). The van der Waals surface area contributed by atoms with E-state index in [9.17, 15) is 4.79 Å². The third-order valence-electron chi connectivity index (χ3n) is 4.68. The fourth-order valence-electron chi connectivity index (χ4n) is 3.46. The first-order valence-corrected chi connectivity index (χ1v) is 8.82. The molecule has 6 heteroatoms. The molecule has 0 spiro atoms. The molecule has 0 unspecified atom stereocenters. The fraction of sp³-hybridized carbons (Fsp3) is 0.300. The average Bonchev–Trinajstić information content (AvgIpc) is 2.99. The number of nitrogens with zero attached hydrogens (tertiary/aromatic N) is 4. The van der Waals surface area contributed by atoms with Crippen LogP contribution in [-0.4, -0.2) is 41.6 Å². The Kier molecular flexibility index (Phi) is 4.34. The fourth-order valence-corrected chi connectivity index (χ4v) is 3.46. The van der Waals surface area contributed by atoms with Gasteiger partial charge in [0.05, 0.1) is 24.6 Å². The average molecular weight is 350 g/mol. The Morgan fingerprint density at radius 3 is 2.54 bits per heavy atom. The van der Waals surface area contributed by atoms with Gasteiger partial charge in [-0.2, -0.15) is 0 Å². The molecule has 0 atom stereocenters. The van der Waals surface area contributed by atoms with E-state index in [1.165, 1.54) is 0 Å². The number of amides is 1. The Balaban J connectivity index is 1.72. The zero-order chi connectivity index (χ0) is 18.1. The Hall–Kier alpha value is -2.86. The number of anilines is 3. The van der Waals surface area contributed by atoms with Gasteiger partial charge in [0, 0.05) is 31.9 Å². The lowest BCUT2D eigenvalue weighted by molar-refractivity contribution is -0.115. The van der Waals surface area contributed by atoms with Crippen LogP contribution in [0, 0.1) is 6.92 Å². The summed E-state index contributed by atoms with van der Waals surface area (Å²) in [6.45, 7) is 6.80. The quantitative estimate of drug-likeness (QED) is 0.728. The van der Waals surface area contributed by atoms with E-state index in [2.05, 4.69) is 22.0 Å². The van der Waals surface area contributed by atoms with E-state index in [1.807, 2.05) is 47.9 Å². The smallest absolute Gasteiger partial charge is 0.229 e. The zero-order valence-electron chi connectivity index (χ0n) is 15.1. The zero-order valence-corrected chi connectivity index (χ0v) is 15.1. The molecule has 3 aromatic rings. The van der Waals surface area contributed by atoms with E-state index < -0.39 is 0 Å². The SMILES string of the molecule is CC(=O)N(c1ccc(N2CCOCC2)cc1)c1c(C)nc2ccccn12. The number of pyridine rings is 1. The molecule has 0 bridgehead atoms. The lowest BCUT2D eigenvalue weighted by atomic mass is 10.2. The van der Waals surface area contributed by atoms with Crippen molar-refractivity contribution >= 4 is 28.7 Å². The topological polar surface area (TPSA) is 50.1 Å². The van der Waals surface area contributed by atoms with E-state index in [0.29, 0.717) is 0 Å². The van der Waals surface area contributed by atoms with Gasteiger partial charge in [0.15, 0.2) is 0 Å². The summed E-state index contributed by atoms with van der Waals surface area (Å²) < 4.78 is 7.36. The number of carbonyl (C=O) groups excluding carboxylic acids is 1. The summed E-state index contributed by atoms with van der Waals surface area (Å²) in [5, 5.41) is 0. The molecular weight excluding hydrogens is 328 g/mol. The van der Waals surface area contributed by atoms with E-state index in [-0.39, 0.29) is 5.91 Å². The number of benzene rings is 1. The van der Waals surface area contributed by atoms with Crippen molar-refractivity contribution in [2.24, 2.45) is 0 Å². The van der Waals surface area contributed by atoms with Crippen molar-refractivity contribution in [2.45, 2.75) is 13.8 Å². The van der Waals surface area contributed by atoms with Crippen LogP contribution in [0.1, 0.15) is 12.6 Å². The molecule has 6 nitrogen and oxygen atoms in total. The van der Waals surface area contributed by atoms with Crippen molar-refractivity contribution in [3.63, 3.8) is 0 Å². The Morgan fingerprint density at radius 2 is 1.85 bits per heavy atom. The van der Waals surface area contributed by atoms with Crippen molar-refractivity contribution in [1.29, 1.82) is 0 Å². The van der Waals surface area contributed by atoms with Crippen molar-refractivity contribution in [3.05, 3.63) is 54.4 Å². The Labute approximate surface area is 152 Å². The van der Waals surface area contributed by atoms with Gasteiger partial charge < -0.3 is 9.64 Å². The van der Waals surface area contributed by atoms with Crippen molar-refractivity contribution in [1.82, 2.24) is 9.38 Å². The molecule has 1 fully saturated rings. The largest absolute Gasteiger partial charge is 0.378 e. The molecule has 3 heterocycles. The number of fused-ring (bicyclic) bond motifs is 1. The molecule has 26 heavy (non-hydrogen) atoms.